The predicted molar refractivity (Wildman–Crippen MR) is 129 cm³/mol. The monoisotopic (exact) mass is 468 g/mol. The van der Waals surface area contributed by atoms with Crippen LogP contribution in [0.2, 0.25) is 0 Å². The Balaban J connectivity index is 1.35. The molecular weight excluding hydrogens is 444 g/mol. The first kappa shape index (κ1) is 20.1. The molecule has 1 aliphatic heterocycles. The first-order valence-electron chi connectivity index (χ1n) is 11.8. The Morgan fingerprint density at radius 2 is 1.97 bits per heavy atom. The van der Waals surface area contributed by atoms with Crippen LogP contribution in [-0.4, -0.2) is 50.9 Å². The summed E-state index contributed by atoms with van der Waals surface area (Å²) in [4.78, 5) is 13.8. The van der Waals surface area contributed by atoms with E-state index in [2.05, 4.69) is 53.0 Å². The average molecular weight is 469 g/mol. The predicted octanol–water partition coefficient (Wildman–Crippen LogP) is 3.91. The van der Waals surface area contributed by atoms with Gasteiger partial charge in [-0.15, -0.1) is 0 Å². The maximum Gasteiger partial charge on any atom is 0.222 e. The summed E-state index contributed by atoms with van der Waals surface area (Å²) in [6.45, 7) is 2.66. The van der Waals surface area contributed by atoms with Crippen LogP contribution < -0.4 is 10.1 Å². The molecule has 11 nitrogen and oxygen atoms in total. The number of pyridine rings is 1. The minimum absolute atomic E-state index is 0.0914. The van der Waals surface area contributed by atoms with Crippen molar-refractivity contribution < 1.29 is 4.74 Å². The van der Waals surface area contributed by atoms with E-state index < -0.39 is 0 Å². The van der Waals surface area contributed by atoms with Gasteiger partial charge in [0.1, 0.15) is 22.9 Å². The zero-order chi connectivity index (χ0) is 23.5. The van der Waals surface area contributed by atoms with Gasteiger partial charge in [0.15, 0.2) is 5.82 Å². The summed E-state index contributed by atoms with van der Waals surface area (Å²) in [7, 11) is 1.85. The fourth-order valence-electron chi connectivity index (χ4n) is 4.54. The van der Waals surface area contributed by atoms with E-state index in [4.69, 9.17) is 9.84 Å². The van der Waals surface area contributed by atoms with Crippen molar-refractivity contribution >= 4 is 22.5 Å². The van der Waals surface area contributed by atoms with Crippen LogP contribution in [0, 0.1) is 0 Å². The molecule has 11 heteroatoms. The molecule has 176 valence electrons. The van der Waals surface area contributed by atoms with Crippen LogP contribution in [0.25, 0.3) is 33.5 Å². The minimum Gasteiger partial charge on any atom is -0.477 e. The highest BCUT2D eigenvalue weighted by molar-refractivity contribution is 5.94. The Labute approximate surface area is 200 Å². The Morgan fingerprint density at radius 1 is 1.06 bits per heavy atom. The lowest BCUT2D eigenvalue weighted by molar-refractivity contribution is 0.260. The van der Waals surface area contributed by atoms with Gasteiger partial charge in [-0.3, -0.25) is 9.36 Å². The molecule has 1 atom stereocenters. The molecule has 0 saturated heterocycles. The second kappa shape index (κ2) is 7.62. The van der Waals surface area contributed by atoms with Crippen LogP contribution >= 0.6 is 0 Å². The topological polar surface area (TPSA) is 113 Å². The highest BCUT2D eigenvalue weighted by Crippen LogP contribution is 2.37. The van der Waals surface area contributed by atoms with E-state index in [0.29, 0.717) is 36.0 Å². The summed E-state index contributed by atoms with van der Waals surface area (Å²) < 4.78 is 12.0. The number of nitrogens with one attached hydrogen (secondary N) is 1. The largest absolute Gasteiger partial charge is 0.477 e. The molecule has 1 saturated carbocycles. The number of aryl methyl sites for hydroxylation is 1. The van der Waals surface area contributed by atoms with Crippen molar-refractivity contribution in [3.05, 3.63) is 43.1 Å². The standard InChI is InChI=1S/C24H24N10O/c1-14-6-8-35-24-18(12-27-32(24)2)23-25-7-5-20(30-23)29-21-9-19-17(11-26-21)22(31-34(14)19)15-10-28-33(13-15)16-3-4-16/h5,7,9-14,16H,3-4,6,8H2,1-2H3,(H,25,26,29,30). The number of hydrogen-bond donors (Lipinski definition) is 1. The fourth-order valence-corrected chi connectivity index (χ4v) is 4.54. The van der Waals surface area contributed by atoms with Gasteiger partial charge in [-0.1, -0.05) is 0 Å². The van der Waals surface area contributed by atoms with Crippen molar-refractivity contribution in [3.8, 4) is 28.5 Å². The zero-order valence-corrected chi connectivity index (χ0v) is 19.5. The summed E-state index contributed by atoms with van der Waals surface area (Å²) in [6.07, 6.45) is 12.5. The summed E-state index contributed by atoms with van der Waals surface area (Å²) in [6, 6.07) is 4.45. The van der Waals surface area contributed by atoms with E-state index >= 15 is 0 Å². The third kappa shape index (κ3) is 3.42. The van der Waals surface area contributed by atoms with Gasteiger partial charge in [-0.2, -0.15) is 15.3 Å². The summed E-state index contributed by atoms with van der Waals surface area (Å²) >= 11 is 0. The van der Waals surface area contributed by atoms with E-state index in [0.717, 1.165) is 34.1 Å². The highest BCUT2D eigenvalue weighted by atomic mass is 16.5. The van der Waals surface area contributed by atoms with Gasteiger partial charge >= 0.3 is 0 Å². The molecule has 35 heavy (non-hydrogen) atoms. The molecule has 4 bridgehead atoms. The Hall–Kier alpha value is -4.28. The Morgan fingerprint density at radius 3 is 2.86 bits per heavy atom. The van der Waals surface area contributed by atoms with E-state index in [9.17, 15) is 0 Å². The van der Waals surface area contributed by atoms with Gasteiger partial charge in [-0.25, -0.2) is 19.6 Å². The zero-order valence-electron chi connectivity index (χ0n) is 19.5. The normalized spacial score (nSPS) is 17.6. The molecule has 6 heterocycles. The van der Waals surface area contributed by atoms with Crippen LogP contribution in [0.5, 0.6) is 5.88 Å². The smallest absolute Gasteiger partial charge is 0.222 e. The number of rotatable bonds is 2. The summed E-state index contributed by atoms with van der Waals surface area (Å²) in [5.74, 6) is 2.51. The van der Waals surface area contributed by atoms with Crippen molar-refractivity contribution in [3.63, 3.8) is 0 Å². The number of anilines is 2. The molecule has 1 aliphatic carbocycles. The minimum atomic E-state index is 0.0914. The first-order chi connectivity index (χ1) is 17.1. The van der Waals surface area contributed by atoms with Crippen molar-refractivity contribution in [1.29, 1.82) is 0 Å². The molecule has 1 unspecified atom stereocenters. The van der Waals surface area contributed by atoms with Gasteiger partial charge in [0, 0.05) is 49.1 Å². The number of nitrogens with zero attached hydrogens (tertiary/aromatic N) is 9. The molecule has 1 N–H and O–H groups in total. The van der Waals surface area contributed by atoms with Crippen molar-refractivity contribution in [2.45, 2.75) is 38.3 Å². The summed E-state index contributed by atoms with van der Waals surface area (Å²) in [5, 5.41) is 18.3. The Kier molecular flexibility index (Phi) is 4.38. The van der Waals surface area contributed by atoms with E-state index in [1.807, 2.05) is 31.6 Å². The van der Waals surface area contributed by atoms with Gasteiger partial charge in [0.2, 0.25) is 5.88 Å². The summed E-state index contributed by atoms with van der Waals surface area (Å²) in [5.41, 5.74) is 3.64. The maximum absolute atomic E-state index is 6.18. The number of aromatic nitrogens is 9. The van der Waals surface area contributed by atoms with Crippen LogP contribution in [0.4, 0.5) is 11.6 Å². The first-order valence-corrected chi connectivity index (χ1v) is 11.8. The van der Waals surface area contributed by atoms with Gasteiger partial charge in [0.05, 0.1) is 36.6 Å². The molecule has 7 rings (SSSR count). The lowest BCUT2D eigenvalue weighted by Gasteiger charge is -2.16. The number of ether oxygens (including phenoxy) is 1. The van der Waals surface area contributed by atoms with Gasteiger partial charge in [0.25, 0.3) is 0 Å². The van der Waals surface area contributed by atoms with Crippen LogP contribution in [0.1, 0.15) is 38.3 Å². The third-order valence-corrected chi connectivity index (χ3v) is 6.62. The van der Waals surface area contributed by atoms with E-state index in [1.54, 1.807) is 17.1 Å². The second-order valence-corrected chi connectivity index (χ2v) is 9.18. The number of fused-ring (bicyclic) bond motifs is 5. The molecule has 5 aromatic heterocycles. The van der Waals surface area contributed by atoms with Crippen molar-refractivity contribution in [2.75, 3.05) is 11.9 Å². The molecular formula is C24H24N10O. The fraction of sp³-hybridized carbons (Fsp3) is 0.333. The van der Waals surface area contributed by atoms with Crippen LogP contribution in [-0.2, 0) is 7.05 Å². The third-order valence-electron chi connectivity index (χ3n) is 6.62. The molecule has 5 aromatic rings. The van der Waals surface area contributed by atoms with Gasteiger partial charge < -0.3 is 10.1 Å². The molecule has 0 aromatic carbocycles. The highest BCUT2D eigenvalue weighted by Gasteiger charge is 2.26. The molecule has 0 spiro atoms. The SMILES string of the molecule is CC1CCOc2c(cnn2C)-c2nccc(n2)Nc2cc3c(cn2)c(-c2cnn(C4CC4)c2)nn31. The van der Waals surface area contributed by atoms with Crippen LogP contribution in [0.15, 0.2) is 43.1 Å². The lowest BCUT2D eigenvalue weighted by Crippen LogP contribution is -2.13. The van der Waals surface area contributed by atoms with E-state index in [1.165, 1.54) is 12.8 Å². The quantitative estimate of drug-likeness (QED) is 0.415. The average Bonchev–Trinajstić information content (AvgIpc) is 3.30. The van der Waals surface area contributed by atoms with Crippen molar-refractivity contribution in [1.82, 2.24) is 44.3 Å². The maximum atomic E-state index is 6.18. The second-order valence-electron chi connectivity index (χ2n) is 9.18. The lowest BCUT2D eigenvalue weighted by atomic mass is 10.1. The van der Waals surface area contributed by atoms with Gasteiger partial charge in [-0.05, 0) is 25.8 Å². The molecule has 2 aliphatic rings. The van der Waals surface area contributed by atoms with E-state index in [-0.39, 0.29) is 6.04 Å². The molecule has 1 fully saturated rings. The van der Waals surface area contributed by atoms with Crippen LogP contribution in [0.3, 0.4) is 0 Å². The Bertz CT molecular complexity index is 1560. The van der Waals surface area contributed by atoms with Crippen molar-refractivity contribution in [2.24, 2.45) is 7.05 Å². The molecule has 0 radical (unpaired) electrons. The molecule has 0 amide bonds. The number of hydrogen-bond acceptors (Lipinski definition) is 8.